The molecule has 24 rings (SSSR count). The molecule has 118 heavy (non-hydrogen) atoms. The summed E-state index contributed by atoms with van der Waals surface area (Å²) >= 11 is 0. The fourth-order valence-electron chi connectivity index (χ4n) is 18.4. The van der Waals surface area contributed by atoms with Crippen molar-refractivity contribution in [3.8, 4) is 55.9 Å². The maximum atomic E-state index is 6.59. The molecule has 0 radical (unpaired) electrons. The lowest BCUT2D eigenvalue weighted by atomic mass is 9.96. The van der Waals surface area contributed by atoms with Gasteiger partial charge in [0.1, 0.15) is 22.3 Å². The fourth-order valence-corrected chi connectivity index (χ4v) is 18.4. The molecule has 0 amide bonds. The van der Waals surface area contributed by atoms with Crippen molar-refractivity contribution in [3.05, 3.63) is 437 Å². The van der Waals surface area contributed by atoms with Crippen LogP contribution >= 0.6 is 0 Å². The van der Waals surface area contributed by atoms with Crippen molar-refractivity contribution in [2.45, 2.75) is 0 Å². The minimum Gasteiger partial charge on any atom is -0.455 e. The number of para-hydroxylation sites is 6. The number of hydrogen-bond acceptors (Lipinski definition) is 4. The number of nitrogens with zero attached hydrogens (tertiary/aromatic N) is 4. The average molecular weight is 1510 g/mol. The number of aromatic nitrogens is 2. The van der Waals surface area contributed by atoms with Crippen LogP contribution < -0.4 is 9.80 Å². The number of furan rings is 2. The normalized spacial score (nSPS) is 11.7. The van der Waals surface area contributed by atoms with E-state index < -0.39 is 0 Å². The molecule has 0 spiro atoms. The highest BCUT2D eigenvalue weighted by molar-refractivity contribution is 6.26. The average Bonchev–Trinajstić information content (AvgIpc) is 1.57. The van der Waals surface area contributed by atoms with E-state index in [1.165, 1.54) is 98.4 Å². The third-order valence-electron chi connectivity index (χ3n) is 24.0. The van der Waals surface area contributed by atoms with Gasteiger partial charge in [-0.15, -0.1) is 0 Å². The number of rotatable bonds is 12. The lowest BCUT2D eigenvalue weighted by Crippen LogP contribution is -2.10. The molecule has 0 saturated carbocycles. The summed E-state index contributed by atoms with van der Waals surface area (Å²) in [6, 6.07) is 157. The van der Waals surface area contributed by atoms with Crippen molar-refractivity contribution >= 4 is 165 Å². The van der Waals surface area contributed by atoms with Crippen LogP contribution in [0.15, 0.2) is 446 Å². The van der Waals surface area contributed by atoms with Crippen molar-refractivity contribution < 1.29 is 8.83 Å². The van der Waals surface area contributed by atoms with E-state index in [1.807, 2.05) is 12.1 Å². The van der Waals surface area contributed by atoms with Crippen molar-refractivity contribution in [1.29, 1.82) is 0 Å². The Morgan fingerprint density at radius 2 is 0.559 bits per heavy atom. The SMILES string of the molecule is c1ccc(N(c2ccc(-c3ccc4ccccc4c3)cc2)c2ccc(-c3ccc(-n4c5ccccc5c5c6oc7ccccc7c6ccc54)c4ccccc34)cc2)cc1.c1ccc(N(c2ccc(-c3ccc4ccccc4c3)cc2)c2ccc(-c3ccc(-n4c5ccccc5c5c6oc7ccccc7c6ccc54)cc3)c3ccccc23)cc1. The fraction of sp³-hybridized carbons (Fsp3) is 0. The van der Waals surface area contributed by atoms with Gasteiger partial charge in [0.25, 0.3) is 0 Å². The van der Waals surface area contributed by atoms with Crippen LogP contribution in [0.1, 0.15) is 0 Å². The number of hydrogen-bond donors (Lipinski definition) is 0. The Morgan fingerprint density at radius 1 is 0.195 bits per heavy atom. The van der Waals surface area contributed by atoms with Crippen LogP contribution in [0.2, 0.25) is 0 Å². The molecule has 6 heteroatoms. The maximum Gasteiger partial charge on any atom is 0.145 e. The minimum atomic E-state index is 0.912. The summed E-state index contributed by atoms with van der Waals surface area (Å²) in [6.45, 7) is 0. The molecule has 20 aromatic carbocycles. The molecule has 0 aliphatic heterocycles. The monoisotopic (exact) mass is 1500 g/mol. The smallest absolute Gasteiger partial charge is 0.145 e. The Labute approximate surface area is 680 Å². The lowest BCUT2D eigenvalue weighted by Gasteiger charge is -2.27. The first kappa shape index (κ1) is 67.9. The molecule has 4 aromatic heterocycles. The van der Waals surface area contributed by atoms with E-state index in [2.05, 4.69) is 444 Å². The molecule has 552 valence electrons. The maximum absolute atomic E-state index is 6.59. The van der Waals surface area contributed by atoms with Crippen LogP contribution in [0.3, 0.4) is 0 Å². The first-order valence-corrected chi connectivity index (χ1v) is 40.3. The summed E-state index contributed by atoms with van der Waals surface area (Å²) in [5.74, 6) is 0. The molecule has 0 saturated heterocycles. The van der Waals surface area contributed by atoms with Gasteiger partial charge in [-0.05, 0) is 222 Å². The van der Waals surface area contributed by atoms with E-state index >= 15 is 0 Å². The predicted molar refractivity (Wildman–Crippen MR) is 497 cm³/mol. The minimum absolute atomic E-state index is 0.912. The highest BCUT2D eigenvalue weighted by atomic mass is 16.3. The van der Waals surface area contributed by atoms with Crippen molar-refractivity contribution in [2.24, 2.45) is 0 Å². The van der Waals surface area contributed by atoms with Gasteiger partial charge in [0.05, 0.1) is 44.2 Å². The van der Waals surface area contributed by atoms with Crippen molar-refractivity contribution in [2.75, 3.05) is 9.80 Å². The van der Waals surface area contributed by atoms with Crippen LogP contribution in [0, 0.1) is 0 Å². The van der Waals surface area contributed by atoms with E-state index in [0.29, 0.717) is 0 Å². The summed E-state index contributed by atoms with van der Waals surface area (Å²) in [6.07, 6.45) is 0. The molecule has 0 fully saturated rings. The summed E-state index contributed by atoms with van der Waals surface area (Å²) < 4.78 is 17.9. The van der Waals surface area contributed by atoms with Gasteiger partial charge in [-0.2, -0.15) is 0 Å². The summed E-state index contributed by atoms with van der Waals surface area (Å²) in [4.78, 5) is 4.71. The zero-order valence-electron chi connectivity index (χ0n) is 64.2. The second-order valence-electron chi connectivity index (χ2n) is 30.6. The molecular weight excluding hydrogens is 1430 g/mol. The van der Waals surface area contributed by atoms with Gasteiger partial charge in [-0.1, -0.05) is 291 Å². The summed E-state index contributed by atoms with van der Waals surface area (Å²) in [5, 5.41) is 19.0. The zero-order valence-corrected chi connectivity index (χ0v) is 64.2. The second kappa shape index (κ2) is 28.1. The first-order valence-electron chi connectivity index (χ1n) is 40.3. The van der Waals surface area contributed by atoms with E-state index in [0.717, 1.165) is 122 Å². The molecule has 0 unspecified atom stereocenters. The van der Waals surface area contributed by atoms with E-state index in [4.69, 9.17) is 8.83 Å². The van der Waals surface area contributed by atoms with E-state index in [-0.39, 0.29) is 0 Å². The Morgan fingerprint density at radius 3 is 1.08 bits per heavy atom. The third kappa shape index (κ3) is 11.4. The molecule has 0 atom stereocenters. The highest BCUT2D eigenvalue weighted by Crippen LogP contribution is 2.48. The Hall–Kier alpha value is -15.8. The molecule has 6 nitrogen and oxygen atoms in total. The van der Waals surface area contributed by atoms with Gasteiger partial charge in [0.15, 0.2) is 0 Å². The van der Waals surface area contributed by atoms with Crippen LogP contribution in [0.5, 0.6) is 0 Å². The zero-order chi connectivity index (χ0) is 77.7. The first-order chi connectivity index (χ1) is 58.5. The van der Waals surface area contributed by atoms with Gasteiger partial charge in [-0.3, -0.25) is 0 Å². The van der Waals surface area contributed by atoms with Gasteiger partial charge in [-0.25, -0.2) is 0 Å². The molecule has 0 bridgehead atoms. The highest BCUT2D eigenvalue weighted by Gasteiger charge is 2.25. The van der Waals surface area contributed by atoms with Crippen LogP contribution in [0.4, 0.5) is 34.1 Å². The van der Waals surface area contributed by atoms with Gasteiger partial charge < -0.3 is 27.8 Å². The predicted octanol–water partition coefficient (Wildman–Crippen LogP) is 31.6. The molecule has 24 aromatic rings. The lowest BCUT2D eigenvalue weighted by molar-refractivity contribution is 0.672. The summed E-state index contributed by atoms with van der Waals surface area (Å²) in [5.41, 5.74) is 26.7. The topological polar surface area (TPSA) is 42.6 Å². The van der Waals surface area contributed by atoms with Gasteiger partial charge in [0.2, 0.25) is 0 Å². The quantitative estimate of drug-likeness (QED) is 0.122. The van der Waals surface area contributed by atoms with E-state index in [9.17, 15) is 0 Å². The number of anilines is 6. The molecule has 0 aliphatic rings. The molecule has 0 N–H and O–H groups in total. The standard InChI is InChI=1S/2C56H36N2O/c1-2-14-42(15-3-1)57(43-28-24-38(25-29-43)41-23-22-37-12-4-5-13-40(37)36-41)52-34-32-45(46-16-6-7-17-47(46)52)39-26-30-44(31-27-39)58-51-20-10-8-19-50(51)55-53(58)35-33-49-48-18-9-11-21-54(48)59-56(49)55;1-2-14-42(15-3-1)57(43-28-24-38(25-29-43)41-23-22-37-12-4-5-13-40(37)36-41)44-30-26-39(27-31-44)45-32-34-52(47-17-7-6-16-46(45)47)58-51-20-10-8-19-50(51)55-53(58)35-33-49-48-18-9-11-21-54(48)59-56(49)55/h2*1-36H. The number of fused-ring (bicyclic) bond motifs is 18. The molecule has 4 heterocycles. The van der Waals surface area contributed by atoms with Crippen LogP contribution in [-0.4, -0.2) is 9.13 Å². The molecular formula is C112H72N4O2. The Balaban J connectivity index is 0.000000138. The molecule has 0 aliphatic carbocycles. The summed E-state index contributed by atoms with van der Waals surface area (Å²) in [7, 11) is 0. The van der Waals surface area contributed by atoms with Crippen molar-refractivity contribution in [1.82, 2.24) is 9.13 Å². The van der Waals surface area contributed by atoms with Crippen LogP contribution in [0.25, 0.3) is 186 Å². The number of benzene rings is 20. The van der Waals surface area contributed by atoms with Crippen molar-refractivity contribution in [3.63, 3.8) is 0 Å². The van der Waals surface area contributed by atoms with Gasteiger partial charge >= 0.3 is 0 Å². The van der Waals surface area contributed by atoms with E-state index in [1.54, 1.807) is 0 Å². The second-order valence-corrected chi connectivity index (χ2v) is 30.6. The Bertz CT molecular complexity index is 8040. The largest absolute Gasteiger partial charge is 0.455 e. The van der Waals surface area contributed by atoms with Crippen LogP contribution in [-0.2, 0) is 0 Å². The van der Waals surface area contributed by atoms with Gasteiger partial charge in [0, 0.05) is 77.2 Å². The Kier molecular flexibility index (Phi) is 16.2. The third-order valence-corrected chi connectivity index (χ3v) is 24.0.